The number of benzene rings is 2. The first-order valence-electron chi connectivity index (χ1n) is 8.96. The highest BCUT2D eigenvalue weighted by atomic mass is 16.5. The molecule has 0 aromatic heterocycles. The van der Waals surface area contributed by atoms with Crippen molar-refractivity contribution < 1.29 is 28.6 Å². The van der Waals surface area contributed by atoms with Crippen LogP contribution in [0.25, 0.3) is 0 Å². The van der Waals surface area contributed by atoms with Crippen LogP contribution in [0.5, 0.6) is 11.5 Å². The van der Waals surface area contributed by atoms with E-state index in [-0.39, 0.29) is 13.1 Å². The Morgan fingerprint density at radius 3 is 2.28 bits per heavy atom. The molecule has 29 heavy (non-hydrogen) atoms. The molecule has 0 saturated heterocycles. The van der Waals surface area contributed by atoms with Crippen LogP contribution in [0.3, 0.4) is 0 Å². The molecule has 0 bridgehead atoms. The Labute approximate surface area is 169 Å². The number of nitrogens with one attached hydrogen (secondary N) is 2. The Balaban J connectivity index is 1.77. The third kappa shape index (κ3) is 6.53. The third-order valence-electron chi connectivity index (χ3n) is 4.05. The summed E-state index contributed by atoms with van der Waals surface area (Å²) in [7, 11) is 3.03. The fourth-order valence-corrected chi connectivity index (χ4v) is 2.45. The van der Waals surface area contributed by atoms with Crippen LogP contribution in [0.15, 0.2) is 48.5 Å². The van der Waals surface area contributed by atoms with Crippen LogP contribution in [0, 0.1) is 0 Å². The van der Waals surface area contributed by atoms with Gasteiger partial charge in [-0.25, -0.2) is 0 Å². The van der Waals surface area contributed by atoms with Crippen molar-refractivity contribution in [3.63, 3.8) is 0 Å². The number of esters is 1. The Bertz CT molecular complexity index is 851. The maximum Gasteiger partial charge on any atom is 0.326 e. The fourth-order valence-electron chi connectivity index (χ4n) is 2.45. The van der Waals surface area contributed by atoms with Crippen molar-refractivity contribution in [2.75, 3.05) is 20.8 Å². The average Bonchev–Trinajstić information content (AvgIpc) is 2.75. The molecule has 1 atom stereocenters. The first-order valence-corrected chi connectivity index (χ1v) is 8.96. The van der Waals surface area contributed by atoms with E-state index >= 15 is 0 Å². The van der Waals surface area contributed by atoms with Crippen LogP contribution in [0.4, 0.5) is 0 Å². The highest BCUT2D eigenvalue weighted by Crippen LogP contribution is 2.16. The highest BCUT2D eigenvalue weighted by Gasteiger charge is 2.19. The zero-order valence-corrected chi connectivity index (χ0v) is 16.6. The summed E-state index contributed by atoms with van der Waals surface area (Å²) in [4.78, 5) is 36.2. The van der Waals surface area contributed by atoms with Crippen LogP contribution >= 0.6 is 0 Å². The number of carbonyl (C=O) groups is 3. The molecule has 8 heteroatoms. The highest BCUT2D eigenvalue weighted by molar-refractivity contribution is 5.98. The molecule has 0 fully saturated rings. The summed E-state index contributed by atoms with van der Waals surface area (Å²) in [6.45, 7) is 1.38. The summed E-state index contributed by atoms with van der Waals surface area (Å²) in [6.07, 6.45) is -0.996. The molecule has 0 saturated carbocycles. The lowest BCUT2D eigenvalue weighted by molar-refractivity contribution is -0.153. The molecule has 0 heterocycles. The number of amides is 2. The predicted octanol–water partition coefficient (Wildman–Crippen LogP) is 1.68. The number of methoxy groups -OCH3 is 2. The number of ether oxygens (including phenoxy) is 3. The van der Waals surface area contributed by atoms with Gasteiger partial charge in [0.1, 0.15) is 18.0 Å². The molecular formula is C21H24N2O6. The van der Waals surface area contributed by atoms with Crippen molar-refractivity contribution in [1.82, 2.24) is 10.6 Å². The van der Waals surface area contributed by atoms with Gasteiger partial charge in [-0.1, -0.05) is 24.3 Å². The maximum absolute atomic E-state index is 12.2. The van der Waals surface area contributed by atoms with E-state index in [0.717, 1.165) is 11.3 Å². The molecule has 0 unspecified atom stereocenters. The number of carbonyl (C=O) groups excluding carboxylic acids is 3. The average molecular weight is 400 g/mol. The molecule has 8 nitrogen and oxygen atoms in total. The maximum atomic E-state index is 12.2. The molecule has 0 aliphatic heterocycles. The van der Waals surface area contributed by atoms with Gasteiger partial charge in [0.2, 0.25) is 0 Å². The van der Waals surface area contributed by atoms with Gasteiger partial charge in [0.15, 0.2) is 6.10 Å². The topological polar surface area (TPSA) is 103 Å². The summed E-state index contributed by atoms with van der Waals surface area (Å²) >= 11 is 0. The minimum absolute atomic E-state index is 0.287. The van der Waals surface area contributed by atoms with Gasteiger partial charge in [0, 0.05) is 6.54 Å². The molecule has 0 radical (unpaired) electrons. The lowest BCUT2D eigenvalue weighted by atomic mass is 10.2. The summed E-state index contributed by atoms with van der Waals surface area (Å²) in [5, 5.41) is 5.14. The van der Waals surface area contributed by atoms with Crippen molar-refractivity contribution in [1.29, 1.82) is 0 Å². The summed E-state index contributed by atoms with van der Waals surface area (Å²) in [5.41, 5.74) is 1.18. The van der Waals surface area contributed by atoms with Crippen LogP contribution in [-0.4, -0.2) is 44.7 Å². The Hall–Kier alpha value is -3.55. The first kappa shape index (κ1) is 21.7. The minimum Gasteiger partial charge on any atom is -0.497 e. The van der Waals surface area contributed by atoms with Gasteiger partial charge in [-0.05, 0) is 36.8 Å². The van der Waals surface area contributed by atoms with Gasteiger partial charge in [-0.3, -0.25) is 14.4 Å². The van der Waals surface area contributed by atoms with Crippen molar-refractivity contribution in [2.24, 2.45) is 0 Å². The van der Waals surface area contributed by atoms with Gasteiger partial charge in [0.25, 0.3) is 11.8 Å². The monoisotopic (exact) mass is 400 g/mol. The molecule has 2 N–H and O–H groups in total. The quantitative estimate of drug-likeness (QED) is 0.621. The van der Waals surface area contributed by atoms with Crippen molar-refractivity contribution in [3.8, 4) is 11.5 Å². The molecule has 2 amide bonds. The second-order valence-corrected chi connectivity index (χ2v) is 6.08. The lowest BCUT2D eigenvalue weighted by Gasteiger charge is -2.14. The molecule has 2 aromatic carbocycles. The van der Waals surface area contributed by atoms with Crippen molar-refractivity contribution in [3.05, 3.63) is 59.7 Å². The molecule has 0 aliphatic rings. The van der Waals surface area contributed by atoms with E-state index in [1.165, 1.54) is 14.0 Å². The largest absolute Gasteiger partial charge is 0.497 e. The number of hydrogen-bond donors (Lipinski definition) is 2. The second kappa shape index (κ2) is 10.7. The zero-order valence-electron chi connectivity index (χ0n) is 16.6. The fraction of sp³-hybridized carbons (Fsp3) is 0.286. The van der Waals surface area contributed by atoms with Crippen molar-refractivity contribution >= 4 is 17.8 Å². The van der Waals surface area contributed by atoms with Gasteiger partial charge >= 0.3 is 5.97 Å². The smallest absolute Gasteiger partial charge is 0.326 e. The van der Waals surface area contributed by atoms with Crippen molar-refractivity contribution in [2.45, 2.75) is 19.6 Å². The van der Waals surface area contributed by atoms with Crippen LogP contribution < -0.4 is 20.1 Å². The summed E-state index contributed by atoms with van der Waals surface area (Å²) in [6, 6.07) is 13.9. The second-order valence-electron chi connectivity index (χ2n) is 6.08. The standard InChI is InChI=1S/C21H24N2O6/c1-14(20(25)22-12-15-8-10-16(27-2)11-9-15)29-19(24)13-23-21(26)17-6-4-5-7-18(17)28-3/h4-11,14H,12-13H2,1-3H3,(H,22,25)(H,23,26)/t14-/m1/s1. The normalized spacial score (nSPS) is 11.1. The van der Waals surface area contributed by atoms with Gasteiger partial charge in [0.05, 0.1) is 19.8 Å². The van der Waals surface area contributed by atoms with E-state index in [1.54, 1.807) is 43.5 Å². The van der Waals surface area contributed by atoms with Crippen LogP contribution in [0.1, 0.15) is 22.8 Å². The number of hydrogen-bond acceptors (Lipinski definition) is 6. The Morgan fingerprint density at radius 1 is 0.931 bits per heavy atom. The van der Waals surface area contributed by atoms with Crippen LogP contribution in [-0.2, 0) is 20.9 Å². The third-order valence-corrected chi connectivity index (χ3v) is 4.05. The molecule has 0 spiro atoms. The number of rotatable bonds is 9. The van der Waals surface area contributed by atoms with Crippen LogP contribution in [0.2, 0.25) is 0 Å². The molecule has 154 valence electrons. The summed E-state index contributed by atoms with van der Waals surface area (Å²) < 4.78 is 15.2. The van der Waals surface area contributed by atoms with E-state index in [9.17, 15) is 14.4 Å². The zero-order chi connectivity index (χ0) is 21.2. The van der Waals surface area contributed by atoms with E-state index in [1.807, 2.05) is 12.1 Å². The molecule has 2 aromatic rings. The van der Waals surface area contributed by atoms with E-state index < -0.39 is 23.9 Å². The van der Waals surface area contributed by atoms with Gasteiger partial charge < -0.3 is 24.8 Å². The summed E-state index contributed by atoms with van der Waals surface area (Å²) in [5.74, 6) is -0.524. The van der Waals surface area contributed by atoms with Gasteiger partial charge in [-0.2, -0.15) is 0 Å². The Morgan fingerprint density at radius 2 is 1.62 bits per heavy atom. The molecule has 0 aliphatic carbocycles. The van der Waals surface area contributed by atoms with E-state index in [2.05, 4.69) is 10.6 Å². The Kier molecular flexibility index (Phi) is 8.02. The van der Waals surface area contributed by atoms with Gasteiger partial charge in [-0.15, -0.1) is 0 Å². The van der Waals surface area contributed by atoms with E-state index in [4.69, 9.17) is 14.2 Å². The minimum atomic E-state index is -0.996. The first-order chi connectivity index (χ1) is 13.9. The number of para-hydroxylation sites is 1. The lowest BCUT2D eigenvalue weighted by Crippen LogP contribution is -2.38. The predicted molar refractivity (Wildman–Crippen MR) is 106 cm³/mol. The molecular weight excluding hydrogens is 376 g/mol. The van der Waals surface area contributed by atoms with E-state index in [0.29, 0.717) is 11.3 Å². The molecule has 2 rings (SSSR count). The SMILES string of the molecule is COc1ccc(CNC(=O)[C@@H](C)OC(=O)CNC(=O)c2ccccc2OC)cc1.